The number of nitrogens with zero attached hydrogens (tertiary/aromatic N) is 1. The van der Waals surface area contributed by atoms with Crippen molar-refractivity contribution in [3.05, 3.63) is 0 Å². The number of nitrogens with two attached hydrogens (primary N) is 1. The highest BCUT2D eigenvalue weighted by atomic mass is 15.2. The maximum absolute atomic E-state index is 6.22. The van der Waals surface area contributed by atoms with Gasteiger partial charge in [-0.15, -0.1) is 0 Å². The molecule has 0 spiro atoms. The van der Waals surface area contributed by atoms with Gasteiger partial charge < -0.3 is 5.73 Å². The summed E-state index contributed by atoms with van der Waals surface area (Å²) < 4.78 is 0. The molecule has 0 bridgehead atoms. The Kier molecular flexibility index (Phi) is 5.50. The molecule has 0 aromatic rings. The summed E-state index contributed by atoms with van der Waals surface area (Å²) in [6, 6.07) is 0. The second-order valence-electron chi connectivity index (χ2n) is 6.56. The van der Waals surface area contributed by atoms with Crippen molar-refractivity contribution in [1.82, 2.24) is 4.90 Å². The standard InChI is InChI=1S/C16H32N2/c1-2-7-15-8-6-10-16(14-17,11-9-15)18-12-4-3-5-13-18/h15H,2-14,17H2,1H3. The molecule has 2 heteroatoms. The van der Waals surface area contributed by atoms with E-state index in [0.29, 0.717) is 5.54 Å². The summed E-state index contributed by atoms with van der Waals surface area (Å²) in [4.78, 5) is 2.75. The van der Waals surface area contributed by atoms with Gasteiger partial charge in [0, 0.05) is 12.1 Å². The van der Waals surface area contributed by atoms with Gasteiger partial charge in [-0.25, -0.2) is 0 Å². The summed E-state index contributed by atoms with van der Waals surface area (Å²) in [5.41, 5.74) is 6.58. The lowest BCUT2D eigenvalue weighted by Crippen LogP contribution is -2.55. The van der Waals surface area contributed by atoms with Crippen LogP contribution in [0.5, 0.6) is 0 Å². The number of hydrogen-bond donors (Lipinski definition) is 1. The van der Waals surface area contributed by atoms with Gasteiger partial charge in [-0.05, 0) is 51.1 Å². The molecule has 1 saturated heterocycles. The molecular weight excluding hydrogens is 220 g/mol. The van der Waals surface area contributed by atoms with Gasteiger partial charge in [0.25, 0.3) is 0 Å². The van der Waals surface area contributed by atoms with Gasteiger partial charge in [-0.1, -0.05) is 39.0 Å². The minimum Gasteiger partial charge on any atom is -0.329 e. The first-order valence-electron chi connectivity index (χ1n) is 8.26. The van der Waals surface area contributed by atoms with E-state index in [1.165, 1.54) is 77.3 Å². The predicted molar refractivity (Wildman–Crippen MR) is 78.7 cm³/mol. The first-order chi connectivity index (χ1) is 8.80. The average molecular weight is 252 g/mol. The number of rotatable bonds is 4. The zero-order valence-electron chi connectivity index (χ0n) is 12.3. The smallest absolute Gasteiger partial charge is 0.0331 e. The van der Waals surface area contributed by atoms with E-state index >= 15 is 0 Å². The van der Waals surface area contributed by atoms with Crippen LogP contribution in [0.25, 0.3) is 0 Å². The van der Waals surface area contributed by atoms with E-state index in [4.69, 9.17) is 5.73 Å². The largest absolute Gasteiger partial charge is 0.329 e. The van der Waals surface area contributed by atoms with Gasteiger partial charge in [0.1, 0.15) is 0 Å². The van der Waals surface area contributed by atoms with E-state index in [1.807, 2.05) is 0 Å². The van der Waals surface area contributed by atoms with Gasteiger partial charge in [0.2, 0.25) is 0 Å². The highest BCUT2D eigenvalue weighted by Gasteiger charge is 2.37. The van der Waals surface area contributed by atoms with Crippen LogP contribution < -0.4 is 5.73 Å². The van der Waals surface area contributed by atoms with Crippen molar-refractivity contribution in [3.63, 3.8) is 0 Å². The molecule has 2 N–H and O–H groups in total. The minimum atomic E-state index is 0.364. The molecule has 2 aliphatic rings. The Morgan fingerprint density at radius 3 is 2.50 bits per heavy atom. The molecule has 18 heavy (non-hydrogen) atoms. The van der Waals surface area contributed by atoms with Crippen LogP contribution in [0.1, 0.15) is 71.1 Å². The molecule has 2 atom stereocenters. The lowest BCUT2D eigenvalue weighted by atomic mass is 9.85. The maximum Gasteiger partial charge on any atom is 0.0331 e. The molecule has 0 radical (unpaired) electrons. The fourth-order valence-corrected chi connectivity index (χ4v) is 4.18. The molecule has 2 rings (SSSR count). The number of piperidine rings is 1. The number of hydrogen-bond acceptors (Lipinski definition) is 2. The lowest BCUT2D eigenvalue weighted by molar-refractivity contribution is 0.0577. The normalized spacial score (nSPS) is 35.3. The molecular formula is C16H32N2. The Hall–Kier alpha value is -0.0800. The molecule has 1 aliphatic heterocycles. The van der Waals surface area contributed by atoms with E-state index in [1.54, 1.807) is 0 Å². The van der Waals surface area contributed by atoms with Gasteiger partial charge in [-0.3, -0.25) is 4.90 Å². The van der Waals surface area contributed by atoms with Crippen molar-refractivity contribution in [2.45, 2.75) is 76.7 Å². The molecule has 1 heterocycles. The highest BCUT2D eigenvalue weighted by molar-refractivity contribution is 4.95. The van der Waals surface area contributed by atoms with Crippen LogP contribution in [0.2, 0.25) is 0 Å². The molecule has 106 valence electrons. The lowest BCUT2D eigenvalue weighted by Gasteiger charge is -2.45. The second kappa shape index (κ2) is 6.91. The van der Waals surface area contributed by atoms with Crippen LogP contribution in [-0.2, 0) is 0 Å². The Bertz CT molecular complexity index is 235. The molecule has 2 fully saturated rings. The first-order valence-corrected chi connectivity index (χ1v) is 8.26. The zero-order valence-corrected chi connectivity index (χ0v) is 12.3. The van der Waals surface area contributed by atoms with Gasteiger partial charge in [0.05, 0.1) is 0 Å². The Morgan fingerprint density at radius 1 is 1.06 bits per heavy atom. The first kappa shape index (κ1) is 14.3. The van der Waals surface area contributed by atoms with E-state index in [2.05, 4.69) is 11.8 Å². The molecule has 0 aromatic carbocycles. The number of likely N-dealkylation sites (tertiary alicyclic amines) is 1. The van der Waals surface area contributed by atoms with Gasteiger partial charge in [-0.2, -0.15) is 0 Å². The topological polar surface area (TPSA) is 29.3 Å². The van der Waals surface area contributed by atoms with E-state index < -0.39 is 0 Å². The van der Waals surface area contributed by atoms with Crippen LogP contribution in [-0.4, -0.2) is 30.1 Å². The van der Waals surface area contributed by atoms with E-state index in [9.17, 15) is 0 Å². The third-order valence-corrected chi connectivity index (χ3v) is 5.38. The van der Waals surface area contributed by atoms with E-state index in [0.717, 1.165) is 12.5 Å². The Labute approximate surface area is 113 Å². The fraction of sp³-hybridized carbons (Fsp3) is 1.00. The fourth-order valence-electron chi connectivity index (χ4n) is 4.18. The summed E-state index contributed by atoms with van der Waals surface area (Å²) in [5.74, 6) is 0.980. The third kappa shape index (κ3) is 3.27. The molecule has 1 saturated carbocycles. The van der Waals surface area contributed by atoms with Crippen molar-refractivity contribution in [2.75, 3.05) is 19.6 Å². The Morgan fingerprint density at radius 2 is 1.83 bits per heavy atom. The SMILES string of the molecule is CCCC1CCCC(CN)(N2CCCCC2)CC1. The van der Waals surface area contributed by atoms with Gasteiger partial charge >= 0.3 is 0 Å². The minimum absolute atomic E-state index is 0.364. The highest BCUT2D eigenvalue weighted by Crippen LogP contribution is 2.37. The summed E-state index contributed by atoms with van der Waals surface area (Å²) in [6.07, 6.45) is 14.0. The monoisotopic (exact) mass is 252 g/mol. The van der Waals surface area contributed by atoms with Crippen molar-refractivity contribution in [2.24, 2.45) is 11.7 Å². The third-order valence-electron chi connectivity index (χ3n) is 5.38. The summed E-state index contributed by atoms with van der Waals surface area (Å²) in [5, 5.41) is 0. The average Bonchev–Trinajstić information content (AvgIpc) is 2.64. The van der Waals surface area contributed by atoms with E-state index in [-0.39, 0.29) is 0 Å². The maximum atomic E-state index is 6.22. The summed E-state index contributed by atoms with van der Waals surface area (Å²) >= 11 is 0. The van der Waals surface area contributed by atoms with Crippen LogP contribution in [0.15, 0.2) is 0 Å². The van der Waals surface area contributed by atoms with Crippen LogP contribution in [0, 0.1) is 5.92 Å². The summed E-state index contributed by atoms with van der Waals surface area (Å²) in [6.45, 7) is 5.81. The van der Waals surface area contributed by atoms with Crippen molar-refractivity contribution in [1.29, 1.82) is 0 Å². The van der Waals surface area contributed by atoms with Crippen molar-refractivity contribution >= 4 is 0 Å². The van der Waals surface area contributed by atoms with Crippen molar-refractivity contribution in [3.8, 4) is 0 Å². The van der Waals surface area contributed by atoms with Crippen molar-refractivity contribution < 1.29 is 0 Å². The van der Waals surface area contributed by atoms with Gasteiger partial charge in [0.15, 0.2) is 0 Å². The molecule has 0 amide bonds. The molecule has 2 nitrogen and oxygen atoms in total. The van der Waals surface area contributed by atoms with Crippen LogP contribution in [0.3, 0.4) is 0 Å². The summed E-state index contributed by atoms with van der Waals surface area (Å²) in [7, 11) is 0. The molecule has 0 aromatic heterocycles. The van der Waals surface area contributed by atoms with Crippen LogP contribution in [0.4, 0.5) is 0 Å². The second-order valence-corrected chi connectivity index (χ2v) is 6.56. The predicted octanol–water partition coefficient (Wildman–Crippen LogP) is 3.55. The quantitative estimate of drug-likeness (QED) is 0.775. The molecule has 1 aliphatic carbocycles. The Balaban J connectivity index is 1.98. The van der Waals surface area contributed by atoms with Crippen LogP contribution >= 0.6 is 0 Å². The molecule has 2 unspecified atom stereocenters. The zero-order chi connectivity index (χ0) is 12.8.